The number of hydrogen-bond donors (Lipinski definition) is 1. The van der Waals surface area contributed by atoms with Gasteiger partial charge >= 0.3 is 0 Å². The lowest BCUT2D eigenvalue weighted by molar-refractivity contribution is -0.890. The second-order valence-corrected chi connectivity index (χ2v) is 9.37. The summed E-state index contributed by atoms with van der Waals surface area (Å²) in [5.41, 5.74) is 0.594. The molecular weight excluding hydrogens is 344 g/mol. The lowest BCUT2D eigenvalue weighted by Crippen LogP contribution is -2.42. The van der Waals surface area contributed by atoms with Crippen LogP contribution in [0.1, 0.15) is 110 Å². The molecule has 0 aliphatic rings. The highest BCUT2D eigenvalue weighted by Crippen LogP contribution is 2.13. The predicted octanol–water partition coefficient (Wildman–Crippen LogP) is 6.63. The molecule has 28 heavy (non-hydrogen) atoms. The third-order valence-corrected chi connectivity index (χ3v) is 5.73. The summed E-state index contributed by atoms with van der Waals surface area (Å²) < 4.78 is 1.06. The van der Waals surface area contributed by atoms with Crippen molar-refractivity contribution >= 4 is 5.91 Å². The van der Waals surface area contributed by atoms with Crippen molar-refractivity contribution in [2.75, 3.05) is 33.7 Å². The van der Waals surface area contributed by atoms with Crippen molar-refractivity contribution in [1.82, 2.24) is 5.32 Å². The molecular formula is C25H51N2O+. The van der Waals surface area contributed by atoms with Crippen LogP contribution in [0.5, 0.6) is 0 Å². The van der Waals surface area contributed by atoms with E-state index in [1.54, 1.807) is 6.92 Å². The van der Waals surface area contributed by atoms with Crippen LogP contribution in [0.2, 0.25) is 0 Å². The fourth-order valence-electron chi connectivity index (χ4n) is 3.71. The Balaban J connectivity index is 3.37. The van der Waals surface area contributed by atoms with E-state index in [2.05, 4.69) is 32.9 Å². The zero-order valence-corrected chi connectivity index (χ0v) is 19.8. The molecule has 0 saturated heterocycles. The van der Waals surface area contributed by atoms with Crippen LogP contribution in [0, 0.1) is 0 Å². The lowest BCUT2D eigenvalue weighted by Gasteiger charge is -2.30. The molecule has 0 aromatic heterocycles. The van der Waals surface area contributed by atoms with Crippen molar-refractivity contribution in [2.24, 2.45) is 0 Å². The van der Waals surface area contributed by atoms with Gasteiger partial charge in [-0.15, -0.1) is 0 Å². The number of unbranched alkanes of at least 4 members (excludes halogenated alkanes) is 13. The summed E-state index contributed by atoms with van der Waals surface area (Å²) in [6.07, 6.45) is 20.9. The summed E-state index contributed by atoms with van der Waals surface area (Å²) in [7, 11) is 4.62. The second kappa shape index (κ2) is 18.2. The number of amides is 1. The van der Waals surface area contributed by atoms with E-state index in [9.17, 15) is 4.79 Å². The molecule has 0 spiro atoms. The van der Waals surface area contributed by atoms with Gasteiger partial charge in [-0.05, 0) is 19.8 Å². The van der Waals surface area contributed by atoms with Gasteiger partial charge in [-0.3, -0.25) is 4.79 Å². The first-order valence-electron chi connectivity index (χ1n) is 12.1. The minimum Gasteiger partial charge on any atom is -0.352 e. The fourth-order valence-corrected chi connectivity index (χ4v) is 3.71. The van der Waals surface area contributed by atoms with Crippen LogP contribution >= 0.6 is 0 Å². The highest BCUT2D eigenvalue weighted by Gasteiger charge is 2.14. The average Bonchev–Trinajstić information content (AvgIpc) is 2.65. The smallest absolute Gasteiger partial charge is 0.246 e. The Hall–Kier alpha value is -0.830. The van der Waals surface area contributed by atoms with Crippen molar-refractivity contribution in [3.05, 3.63) is 12.2 Å². The summed E-state index contributed by atoms with van der Waals surface area (Å²) in [5, 5.41) is 2.93. The Morgan fingerprint density at radius 1 is 0.714 bits per heavy atom. The Labute approximate surface area is 176 Å². The maximum absolute atomic E-state index is 11.5. The molecule has 3 heteroatoms. The molecule has 0 unspecified atom stereocenters. The molecule has 0 aliphatic heterocycles. The van der Waals surface area contributed by atoms with Gasteiger partial charge in [0, 0.05) is 18.5 Å². The van der Waals surface area contributed by atoms with Crippen molar-refractivity contribution in [3.8, 4) is 0 Å². The second-order valence-electron chi connectivity index (χ2n) is 9.37. The van der Waals surface area contributed by atoms with Crippen LogP contribution in [0.4, 0.5) is 0 Å². The first-order chi connectivity index (χ1) is 13.4. The molecule has 0 aliphatic carbocycles. The molecule has 0 aromatic carbocycles. The number of carbonyl (C=O) groups excluding carboxylic acids is 1. The van der Waals surface area contributed by atoms with Crippen LogP contribution in [-0.4, -0.2) is 44.1 Å². The molecule has 1 amide bonds. The van der Waals surface area contributed by atoms with Gasteiger partial charge < -0.3 is 9.80 Å². The third-order valence-electron chi connectivity index (χ3n) is 5.73. The highest BCUT2D eigenvalue weighted by atomic mass is 16.1. The molecule has 166 valence electrons. The van der Waals surface area contributed by atoms with Gasteiger partial charge in [-0.2, -0.15) is 0 Å². The minimum atomic E-state index is -0.0164. The van der Waals surface area contributed by atoms with Gasteiger partial charge in [-0.25, -0.2) is 0 Å². The van der Waals surface area contributed by atoms with Gasteiger partial charge in [0.2, 0.25) is 5.91 Å². The lowest BCUT2D eigenvalue weighted by atomic mass is 10.0. The summed E-state index contributed by atoms with van der Waals surface area (Å²) >= 11 is 0. The largest absolute Gasteiger partial charge is 0.352 e. The molecule has 0 rings (SSSR count). The maximum atomic E-state index is 11.5. The summed E-state index contributed by atoms with van der Waals surface area (Å²) in [4.78, 5) is 11.5. The Morgan fingerprint density at radius 2 is 1.11 bits per heavy atom. The number of quaternary nitrogens is 1. The summed E-state index contributed by atoms with van der Waals surface area (Å²) in [6.45, 7) is 10.8. The van der Waals surface area contributed by atoms with E-state index in [0.29, 0.717) is 5.57 Å². The van der Waals surface area contributed by atoms with Crippen LogP contribution in [0.15, 0.2) is 12.2 Å². The first-order valence-corrected chi connectivity index (χ1v) is 12.1. The van der Waals surface area contributed by atoms with Gasteiger partial charge in [-0.1, -0.05) is 90.6 Å². The topological polar surface area (TPSA) is 29.1 Å². The molecule has 0 saturated carbocycles. The Kier molecular flexibility index (Phi) is 17.7. The molecule has 0 fully saturated rings. The van der Waals surface area contributed by atoms with Crippen molar-refractivity contribution in [3.63, 3.8) is 0 Å². The normalized spacial score (nSPS) is 11.6. The van der Waals surface area contributed by atoms with E-state index in [-0.39, 0.29) is 5.91 Å². The minimum absolute atomic E-state index is 0.0164. The number of nitrogens with one attached hydrogen (secondary N) is 1. The van der Waals surface area contributed by atoms with Gasteiger partial charge in [0.15, 0.2) is 0 Å². The molecule has 0 heterocycles. The monoisotopic (exact) mass is 395 g/mol. The molecule has 0 bridgehead atoms. The van der Waals surface area contributed by atoms with E-state index in [1.807, 2.05) is 0 Å². The third kappa shape index (κ3) is 18.5. The van der Waals surface area contributed by atoms with Crippen LogP contribution in [0.3, 0.4) is 0 Å². The number of nitrogens with zero attached hydrogens (tertiary/aromatic N) is 1. The number of rotatable bonds is 20. The van der Waals surface area contributed by atoms with Crippen LogP contribution in [0.25, 0.3) is 0 Å². The fraction of sp³-hybridized carbons (Fsp3) is 0.880. The van der Waals surface area contributed by atoms with Crippen LogP contribution in [-0.2, 0) is 4.79 Å². The van der Waals surface area contributed by atoms with Crippen molar-refractivity contribution < 1.29 is 9.28 Å². The van der Waals surface area contributed by atoms with Crippen molar-refractivity contribution in [1.29, 1.82) is 0 Å². The quantitative estimate of drug-likeness (QED) is 0.140. The van der Waals surface area contributed by atoms with E-state index < -0.39 is 0 Å². The Morgan fingerprint density at radius 3 is 1.54 bits per heavy atom. The molecule has 0 radical (unpaired) electrons. The zero-order valence-electron chi connectivity index (χ0n) is 19.8. The SMILES string of the molecule is C=C(C)C(=O)NCCC[N+](C)(C)CCCCCCCCCCCCCCCC. The summed E-state index contributed by atoms with van der Waals surface area (Å²) in [6, 6.07) is 0. The predicted molar refractivity (Wildman–Crippen MR) is 125 cm³/mol. The van der Waals surface area contributed by atoms with Gasteiger partial charge in [0.1, 0.15) is 0 Å². The molecule has 1 N–H and O–H groups in total. The van der Waals surface area contributed by atoms with E-state index >= 15 is 0 Å². The Bertz CT molecular complexity index is 390. The summed E-state index contributed by atoms with van der Waals surface area (Å²) in [5.74, 6) is -0.0164. The number of hydrogen-bond acceptors (Lipinski definition) is 1. The van der Waals surface area contributed by atoms with E-state index in [4.69, 9.17) is 0 Å². The first kappa shape index (κ1) is 27.2. The highest BCUT2D eigenvalue weighted by molar-refractivity contribution is 5.91. The maximum Gasteiger partial charge on any atom is 0.246 e. The van der Waals surface area contributed by atoms with Crippen LogP contribution < -0.4 is 5.32 Å². The molecule has 0 aromatic rings. The van der Waals surface area contributed by atoms with Gasteiger partial charge in [0.25, 0.3) is 0 Å². The van der Waals surface area contributed by atoms with Crippen molar-refractivity contribution in [2.45, 2.75) is 110 Å². The average molecular weight is 396 g/mol. The number of carbonyl (C=O) groups is 1. The van der Waals surface area contributed by atoms with Gasteiger partial charge in [0.05, 0.1) is 27.2 Å². The molecule has 3 nitrogen and oxygen atoms in total. The van der Waals surface area contributed by atoms with E-state index in [0.717, 1.165) is 24.0 Å². The standard InChI is InChI=1S/C25H50N2O/c1-6-7-8-9-10-11-12-13-14-15-16-17-18-19-22-27(4,5)23-20-21-26-25(28)24(2)3/h2,6-23H2,1,3-5H3/p+1. The van der Waals surface area contributed by atoms with E-state index in [1.165, 1.54) is 96.4 Å². The zero-order chi connectivity index (χ0) is 21.1. The molecule has 0 atom stereocenters.